The molecule has 2 saturated heterocycles. The molecule has 11 heteroatoms. The highest BCUT2D eigenvalue weighted by molar-refractivity contribution is 7.10. The molecule has 32 heavy (non-hydrogen) atoms. The quantitative estimate of drug-likeness (QED) is 0.455. The number of aromatic nitrogens is 2. The number of hydrogen-bond acceptors (Lipinski definition) is 7. The molecule has 9 nitrogen and oxygen atoms in total. The van der Waals surface area contributed by atoms with E-state index in [0.29, 0.717) is 17.4 Å². The molecule has 3 unspecified atom stereocenters. The number of amides is 2. The lowest BCUT2D eigenvalue weighted by Gasteiger charge is -2.37. The van der Waals surface area contributed by atoms with E-state index in [0.717, 1.165) is 16.3 Å². The maximum atomic E-state index is 12.9. The maximum Gasteiger partial charge on any atom is 0.230 e. The summed E-state index contributed by atoms with van der Waals surface area (Å²) in [6.45, 7) is 2.33. The van der Waals surface area contributed by atoms with Crippen molar-refractivity contribution in [2.24, 2.45) is 5.92 Å². The van der Waals surface area contributed by atoms with Gasteiger partial charge in [0.1, 0.15) is 12.0 Å². The average molecular weight is 472 g/mol. The van der Waals surface area contributed by atoms with Gasteiger partial charge in [-0.15, -0.1) is 11.3 Å². The van der Waals surface area contributed by atoms with Gasteiger partial charge in [-0.3, -0.25) is 19.9 Å². The van der Waals surface area contributed by atoms with E-state index in [2.05, 4.69) is 26.5 Å². The van der Waals surface area contributed by atoms with Gasteiger partial charge in [0, 0.05) is 22.5 Å². The monoisotopic (exact) mass is 471 g/mol. The molecule has 2 aromatic heterocycles. The summed E-state index contributed by atoms with van der Waals surface area (Å²) in [5, 5.41) is 18.3. The van der Waals surface area contributed by atoms with Crippen molar-refractivity contribution >= 4 is 46.3 Å². The molecule has 1 aromatic carbocycles. The van der Waals surface area contributed by atoms with Crippen molar-refractivity contribution in [3.05, 3.63) is 63.4 Å². The van der Waals surface area contributed by atoms with Crippen molar-refractivity contribution in [1.29, 1.82) is 0 Å². The Morgan fingerprint density at radius 2 is 2.19 bits per heavy atom. The van der Waals surface area contributed by atoms with Crippen molar-refractivity contribution < 1.29 is 9.59 Å². The first-order valence-electron chi connectivity index (χ1n) is 10.2. The first-order valence-corrected chi connectivity index (χ1v) is 11.5. The summed E-state index contributed by atoms with van der Waals surface area (Å²) in [5.74, 6) is -0.0178. The third-order valence-electron chi connectivity index (χ3n) is 5.46. The molecule has 3 atom stereocenters. The molecule has 4 heterocycles. The molecular weight excluding hydrogens is 450 g/mol. The number of aryl methyl sites for hydroxylation is 1. The molecule has 4 N–H and O–H groups in total. The third kappa shape index (κ3) is 4.09. The van der Waals surface area contributed by atoms with Crippen molar-refractivity contribution in [3.63, 3.8) is 0 Å². The van der Waals surface area contributed by atoms with Gasteiger partial charge in [-0.2, -0.15) is 5.10 Å². The number of anilines is 2. The van der Waals surface area contributed by atoms with Crippen molar-refractivity contribution in [2.75, 3.05) is 16.9 Å². The largest absolute Gasteiger partial charge is 0.321 e. The van der Waals surface area contributed by atoms with Crippen molar-refractivity contribution in [3.8, 4) is 0 Å². The van der Waals surface area contributed by atoms with Gasteiger partial charge in [0.2, 0.25) is 11.8 Å². The number of benzene rings is 1. The minimum Gasteiger partial charge on any atom is -0.321 e. The Labute approximate surface area is 193 Å². The maximum absolute atomic E-state index is 12.9. The first-order chi connectivity index (χ1) is 15.5. The van der Waals surface area contributed by atoms with Crippen LogP contribution in [0.5, 0.6) is 0 Å². The molecule has 2 amide bonds. The van der Waals surface area contributed by atoms with E-state index in [9.17, 15) is 9.59 Å². The molecule has 2 aliphatic rings. The highest BCUT2D eigenvalue weighted by Gasteiger charge is 2.45. The molecular formula is C21H22ClN7O2S. The van der Waals surface area contributed by atoms with E-state index in [1.807, 2.05) is 47.6 Å². The Morgan fingerprint density at radius 3 is 2.97 bits per heavy atom. The van der Waals surface area contributed by atoms with Gasteiger partial charge in [0.15, 0.2) is 6.29 Å². The molecule has 0 radical (unpaired) electrons. The van der Waals surface area contributed by atoms with Gasteiger partial charge in [-0.25, -0.2) is 10.1 Å². The van der Waals surface area contributed by atoms with Crippen LogP contribution < -0.4 is 26.4 Å². The fourth-order valence-corrected chi connectivity index (χ4v) is 4.92. The van der Waals surface area contributed by atoms with Crippen LogP contribution in [0, 0.1) is 12.8 Å². The van der Waals surface area contributed by atoms with Crippen LogP contribution in [0.3, 0.4) is 0 Å². The van der Waals surface area contributed by atoms with E-state index in [4.69, 9.17) is 11.6 Å². The predicted octanol–water partition coefficient (Wildman–Crippen LogP) is 2.23. The number of hydrazine groups is 1. The summed E-state index contributed by atoms with van der Waals surface area (Å²) in [6.07, 6.45) is -0.661. The lowest BCUT2D eigenvalue weighted by molar-refractivity contribution is -0.129. The van der Waals surface area contributed by atoms with Gasteiger partial charge < -0.3 is 10.6 Å². The normalized spacial score (nSPS) is 22.5. The van der Waals surface area contributed by atoms with Gasteiger partial charge >= 0.3 is 0 Å². The lowest BCUT2D eigenvalue weighted by Crippen LogP contribution is -2.61. The van der Waals surface area contributed by atoms with Crippen LogP contribution in [0.25, 0.3) is 0 Å². The van der Waals surface area contributed by atoms with Gasteiger partial charge in [0.05, 0.1) is 23.7 Å². The molecule has 0 aliphatic carbocycles. The second-order valence-electron chi connectivity index (χ2n) is 7.76. The predicted molar refractivity (Wildman–Crippen MR) is 123 cm³/mol. The second kappa shape index (κ2) is 8.55. The number of carbonyl (C=O) groups is 2. The van der Waals surface area contributed by atoms with E-state index in [1.165, 1.54) is 11.3 Å². The van der Waals surface area contributed by atoms with E-state index < -0.39 is 6.29 Å². The van der Waals surface area contributed by atoms with Gasteiger partial charge in [-0.1, -0.05) is 23.7 Å². The van der Waals surface area contributed by atoms with Crippen LogP contribution in [-0.4, -0.2) is 34.3 Å². The van der Waals surface area contributed by atoms with Crippen LogP contribution in [-0.2, 0) is 16.0 Å². The zero-order chi connectivity index (χ0) is 22.2. The Hall–Kier alpha value is -2.92. The molecule has 5 rings (SSSR count). The lowest BCUT2D eigenvalue weighted by atomic mass is 10.0. The standard InChI is InChI=1S/C21H22ClN7O2S/c1-12-8-17(24-18(30)10-15-6-3-7-32-15)29(27-12)21-25-19-16(20(31)26-21)11-23-28(19)14-5-2-4-13(22)9-14/h2-9,16,19,21,23,25H,10-11H2,1H3,(H,24,30)(H,26,31). The minimum atomic E-state index is -0.629. The summed E-state index contributed by atoms with van der Waals surface area (Å²) < 4.78 is 1.60. The molecule has 3 aromatic rings. The van der Waals surface area contributed by atoms with Crippen LogP contribution in [0.2, 0.25) is 5.02 Å². The van der Waals surface area contributed by atoms with Crippen LogP contribution in [0.1, 0.15) is 16.9 Å². The summed E-state index contributed by atoms with van der Waals surface area (Å²) in [6, 6.07) is 13.1. The number of fused-ring (bicyclic) bond motifs is 1. The SMILES string of the molecule is Cc1cc(NC(=O)Cc2cccs2)n(C2NC(=O)C3CNN(c4cccc(Cl)c4)C3N2)n1. The minimum absolute atomic E-state index is 0.0974. The highest BCUT2D eigenvalue weighted by atomic mass is 35.5. The number of hydrogen-bond donors (Lipinski definition) is 4. The number of nitrogens with zero attached hydrogens (tertiary/aromatic N) is 3. The van der Waals surface area contributed by atoms with Crippen LogP contribution in [0.15, 0.2) is 47.8 Å². The van der Waals surface area contributed by atoms with Crippen LogP contribution in [0.4, 0.5) is 11.5 Å². The Balaban J connectivity index is 1.37. The smallest absolute Gasteiger partial charge is 0.230 e. The second-order valence-corrected chi connectivity index (χ2v) is 9.23. The Morgan fingerprint density at radius 1 is 1.31 bits per heavy atom. The molecule has 2 fully saturated rings. The Kier molecular flexibility index (Phi) is 5.60. The summed E-state index contributed by atoms with van der Waals surface area (Å²) in [7, 11) is 0. The summed E-state index contributed by atoms with van der Waals surface area (Å²) in [5.41, 5.74) is 4.86. The number of nitrogens with one attached hydrogen (secondary N) is 4. The molecule has 2 aliphatic heterocycles. The topological polar surface area (TPSA) is 103 Å². The number of carbonyl (C=O) groups excluding carboxylic acids is 2. The summed E-state index contributed by atoms with van der Waals surface area (Å²) >= 11 is 7.70. The fraction of sp³-hybridized carbons (Fsp3) is 0.286. The summed E-state index contributed by atoms with van der Waals surface area (Å²) in [4.78, 5) is 26.4. The number of rotatable bonds is 5. The van der Waals surface area contributed by atoms with Gasteiger partial charge in [0.25, 0.3) is 0 Å². The first kappa shape index (κ1) is 21.0. The van der Waals surface area contributed by atoms with Crippen molar-refractivity contribution in [1.82, 2.24) is 25.8 Å². The average Bonchev–Trinajstić information content (AvgIpc) is 3.48. The third-order valence-corrected chi connectivity index (χ3v) is 6.57. The van der Waals surface area contributed by atoms with E-state index >= 15 is 0 Å². The van der Waals surface area contributed by atoms with E-state index in [-0.39, 0.29) is 30.3 Å². The zero-order valence-electron chi connectivity index (χ0n) is 17.2. The van der Waals surface area contributed by atoms with Gasteiger partial charge in [-0.05, 0) is 36.6 Å². The highest BCUT2D eigenvalue weighted by Crippen LogP contribution is 2.29. The Bertz CT molecular complexity index is 1150. The molecule has 166 valence electrons. The number of thiophene rings is 1. The van der Waals surface area contributed by atoms with Crippen LogP contribution >= 0.6 is 22.9 Å². The van der Waals surface area contributed by atoms with Crippen molar-refractivity contribution in [2.45, 2.75) is 25.8 Å². The molecule has 0 bridgehead atoms. The zero-order valence-corrected chi connectivity index (χ0v) is 18.8. The molecule has 0 spiro atoms. The van der Waals surface area contributed by atoms with E-state index in [1.54, 1.807) is 16.8 Å². The number of halogens is 1. The fourth-order valence-electron chi connectivity index (χ4n) is 4.03. The molecule has 0 saturated carbocycles.